The van der Waals surface area contributed by atoms with Crippen LogP contribution in [-0.2, 0) is 49.6 Å². The summed E-state index contributed by atoms with van der Waals surface area (Å²) < 4.78 is 224. The Morgan fingerprint density at radius 3 is 0.977 bits per heavy atom. The monoisotopic (exact) mass is 750 g/mol. The Balaban J connectivity index is -0.000000264. The summed E-state index contributed by atoms with van der Waals surface area (Å²) in [6.45, 7) is 6.41. The SMILES string of the molecule is C=C(C)C(=O)OCC[N+](C)(C)C.O=S(=O)([N-]S(=O)(=O)C(F)(F)F)C(F)(F)F.O=S(=O)([N-]S(=O)(=O)C(F)(F)F)C(F)(F)F.[NH4+]. The number of quaternary nitrogens is 2. The van der Waals surface area contributed by atoms with Gasteiger partial charge in [0.2, 0.25) is 0 Å². The summed E-state index contributed by atoms with van der Waals surface area (Å²) in [5.74, 6) is -0.302. The van der Waals surface area contributed by atoms with Crippen LogP contribution in [0.1, 0.15) is 6.92 Å². The summed E-state index contributed by atoms with van der Waals surface area (Å²) in [4.78, 5) is 10.9. The van der Waals surface area contributed by atoms with Gasteiger partial charge in [-0.25, -0.2) is 38.5 Å². The molecule has 0 bridgehead atoms. The van der Waals surface area contributed by atoms with E-state index in [2.05, 4.69) is 27.7 Å². The van der Waals surface area contributed by atoms with Crippen LogP contribution in [0.2, 0.25) is 0 Å². The third kappa shape index (κ3) is 17.8. The average molecular weight is 751 g/mol. The lowest BCUT2D eigenvalue weighted by Crippen LogP contribution is -2.38. The summed E-state index contributed by atoms with van der Waals surface area (Å²) >= 11 is 0. The molecule has 0 aliphatic rings. The van der Waals surface area contributed by atoms with Gasteiger partial charge in [0.25, 0.3) is 0 Å². The van der Waals surface area contributed by atoms with Crippen molar-refractivity contribution in [3.05, 3.63) is 20.4 Å². The van der Waals surface area contributed by atoms with E-state index in [1.54, 1.807) is 6.92 Å². The molecule has 0 aromatic heterocycles. The Morgan fingerprint density at radius 1 is 0.628 bits per heavy atom. The van der Waals surface area contributed by atoms with E-state index in [1.807, 2.05) is 0 Å². The Labute approximate surface area is 236 Å². The van der Waals surface area contributed by atoms with Crippen LogP contribution in [-0.4, -0.2) is 100 Å². The molecular weight excluding hydrogens is 728 g/mol. The molecule has 0 aliphatic heterocycles. The van der Waals surface area contributed by atoms with E-state index in [1.165, 1.54) is 0 Å². The van der Waals surface area contributed by atoms with Crippen molar-refractivity contribution in [2.24, 2.45) is 0 Å². The third-order valence-corrected chi connectivity index (χ3v) is 8.39. The maximum atomic E-state index is 11.4. The largest absolute Gasteiger partial charge is 0.480 e. The highest BCUT2D eigenvalue weighted by Gasteiger charge is 2.48. The van der Waals surface area contributed by atoms with Crippen LogP contribution >= 0.6 is 0 Å². The number of ether oxygens (including phenoxy) is 1. The number of hydrogen-bond acceptors (Lipinski definition) is 10. The van der Waals surface area contributed by atoms with Gasteiger partial charge in [0.05, 0.1) is 21.1 Å². The highest BCUT2D eigenvalue weighted by Crippen LogP contribution is 2.37. The van der Waals surface area contributed by atoms with Gasteiger partial charge in [-0.15, -0.1) is 0 Å². The predicted octanol–water partition coefficient (Wildman–Crippen LogP) is 3.31. The Kier molecular flexibility index (Phi) is 17.1. The summed E-state index contributed by atoms with van der Waals surface area (Å²) in [5.41, 5.74) is -24.4. The fraction of sp³-hybridized carbons (Fsp3) is 0.769. The zero-order valence-corrected chi connectivity index (χ0v) is 25.0. The molecule has 0 spiro atoms. The number of carbonyl (C=O) groups is 1. The zero-order chi connectivity index (χ0) is 35.2. The van der Waals surface area contributed by atoms with Crippen LogP contribution in [0.15, 0.2) is 12.2 Å². The van der Waals surface area contributed by atoms with Crippen LogP contribution in [0.5, 0.6) is 0 Å². The molecule has 0 aromatic carbocycles. The number of carbonyl (C=O) groups excluding carboxylic acids is 1. The highest BCUT2D eigenvalue weighted by atomic mass is 32.3. The van der Waals surface area contributed by atoms with E-state index in [0.29, 0.717) is 12.2 Å². The molecule has 4 N–H and O–H groups in total. The van der Waals surface area contributed by atoms with Gasteiger partial charge in [0.1, 0.15) is 13.2 Å². The van der Waals surface area contributed by atoms with E-state index >= 15 is 0 Å². The minimum absolute atomic E-state index is 0. The molecule has 262 valence electrons. The normalized spacial score (nSPS) is 13.8. The van der Waals surface area contributed by atoms with E-state index in [9.17, 15) is 91.2 Å². The lowest BCUT2D eigenvalue weighted by atomic mass is 10.4. The second-order valence-corrected chi connectivity index (χ2v) is 14.6. The molecule has 0 saturated heterocycles. The maximum absolute atomic E-state index is 11.4. The Hall–Kier alpha value is -1.99. The minimum Gasteiger partial charge on any atom is -0.456 e. The number of alkyl halides is 12. The average Bonchev–Trinajstić information content (AvgIpc) is 2.62. The number of halogens is 12. The van der Waals surface area contributed by atoms with Gasteiger partial charge in [0.15, 0.2) is 40.1 Å². The van der Waals surface area contributed by atoms with Crippen molar-refractivity contribution < 1.29 is 100 Å². The highest BCUT2D eigenvalue weighted by molar-refractivity contribution is 8.13. The summed E-state index contributed by atoms with van der Waals surface area (Å²) in [6, 6.07) is 0. The van der Waals surface area contributed by atoms with Crippen LogP contribution in [0.4, 0.5) is 52.7 Å². The van der Waals surface area contributed by atoms with Crippen molar-refractivity contribution in [2.45, 2.75) is 29.0 Å². The smallest absolute Gasteiger partial charge is 0.456 e. The van der Waals surface area contributed by atoms with Crippen LogP contribution in [0.3, 0.4) is 0 Å². The quantitative estimate of drug-likeness (QED) is 0.165. The minimum atomic E-state index is -6.72. The molecule has 0 amide bonds. The molecule has 0 saturated carbocycles. The predicted molar refractivity (Wildman–Crippen MR) is 121 cm³/mol. The topological polar surface area (TPSA) is 228 Å². The molecular formula is C13H22F12N4O10S4. The van der Waals surface area contributed by atoms with E-state index in [0.717, 1.165) is 19.3 Å². The standard InChI is InChI=1S/C9H18NO2.2C2F6NO4S2.H3N/c1-8(2)9(11)12-7-6-10(3,4)5;2*3-1(4,5)14(10,11)9-15(12,13)2(6,7)8;/h1,6-7H2,2-5H3;;;1H3/q+1;2*-1;/p+1. The number of likely N-dealkylation sites (N-methyl/N-ethyl adjacent to an activating group) is 1. The van der Waals surface area contributed by atoms with E-state index < -0.39 is 62.1 Å². The first kappa shape index (κ1) is 47.9. The van der Waals surface area contributed by atoms with Crippen LogP contribution in [0, 0.1) is 0 Å². The van der Waals surface area contributed by atoms with Crippen molar-refractivity contribution in [2.75, 3.05) is 34.3 Å². The van der Waals surface area contributed by atoms with Crippen molar-refractivity contribution in [1.82, 2.24) is 6.15 Å². The molecule has 30 heteroatoms. The number of nitrogens with zero attached hydrogens (tertiary/aromatic N) is 3. The first-order valence-corrected chi connectivity index (χ1v) is 14.9. The van der Waals surface area contributed by atoms with Crippen LogP contribution < -0.4 is 6.15 Å². The molecule has 14 nitrogen and oxygen atoms in total. The summed E-state index contributed by atoms with van der Waals surface area (Å²) in [6.07, 6.45) is 0. The molecule has 0 atom stereocenters. The molecule has 43 heavy (non-hydrogen) atoms. The van der Waals surface area contributed by atoms with Crippen molar-refractivity contribution in [3.63, 3.8) is 0 Å². The number of rotatable bonds is 8. The number of sulfonamides is 4. The van der Waals surface area contributed by atoms with Gasteiger partial charge in [-0.1, -0.05) is 6.58 Å². The lowest BCUT2D eigenvalue weighted by Gasteiger charge is -2.23. The van der Waals surface area contributed by atoms with Gasteiger partial charge >= 0.3 is 28.0 Å². The van der Waals surface area contributed by atoms with Gasteiger partial charge in [-0.3, -0.25) is 0 Å². The third-order valence-electron chi connectivity index (χ3n) is 2.91. The molecule has 0 aromatic rings. The molecule has 0 unspecified atom stereocenters. The fourth-order valence-corrected chi connectivity index (χ4v) is 4.38. The van der Waals surface area contributed by atoms with Crippen molar-refractivity contribution >= 4 is 46.1 Å². The molecule has 0 aliphatic carbocycles. The number of esters is 1. The van der Waals surface area contributed by atoms with Gasteiger partial charge in [-0.2, -0.15) is 52.7 Å². The Bertz CT molecular complexity index is 1210. The zero-order valence-electron chi connectivity index (χ0n) is 21.7. The first-order valence-electron chi connectivity index (χ1n) is 9.11. The second kappa shape index (κ2) is 15.3. The summed E-state index contributed by atoms with van der Waals surface area (Å²) in [7, 11) is -20.7. The molecule has 0 rings (SSSR count). The van der Waals surface area contributed by atoms with Crippen molar-refractivity contribution in [1.29, 1.82) is 0 Å². The van der Waals surface area contributed by atoms with Crippen LogP contribution in [0.25, 0.3) is 8.25 Å². The van der Waals surface area contributed by atoms with Crippen molar-refractivity contribution in [3.8, 4) is 0 Å². The second-order valence-electron chi connectivity index (χ2n) is 7.76. The van der Waals surface area contributed by atoms with Gasteiger partial charge < -0.3 is 23.6 Å². The van der Waals surface area contributed by atoms with Gasteiger partial charge in [-0.05, 0) is 6.92 Å². The fourth-order valence-electron chi connectivity index (χ4n) is 0.963. The maximum Gasteiger partial charge on any atom is 0.480 e. The molecule has 0 fully saturated rings. The lowest BCUT2D eigenvalue weighted by molar-refractivity contribution is -0.870. The van der Waals surface area contributed by atoms with Gasteiger partial charge in [0, 0.05) is 5.57 Å². The Morgan fingerprint density at radius 2 is 0.837 bits per heavy atom. The summed E-state index contributed by atoms with van der Waals surface area (Å²) in [5, 5.41) is 0. The molecule has 0 radical (unpaired) electrons. The first-order chi connectivity index (χ1) is 17.7. The van der Waals surface area contributed by atoms with E-state index in [4.69, 9.17) is 4.74 Å². The number of hydrogen-bond donors (Lipinski definition) is 1. The van der Waals surface area contributed by atoms with E-state index in [-0.39, 0.29) is 12.1 Å². The molecule has 0 heterocycles.